The fraction of sp³-hybridized carbons (Fsp3) is 0.478. The Morgan fingerprint density at radius 3 is 2.53 bits per heavy atom. The largest absolute Gasteiger partial charge is 0.496 e. The Kier molecular flexibility index (Phi) is 9.09. The molecule has 0 fully saturated rings. The van der Waals surface area contributed by atoms with E-state index >= 15 is 0 Å². The lowest BCUT2D eigenvalue weighted by Gasteiger charge is -2.23. The molecule has 0 unspecified atom stereocenters. The molecule has 3 rings (SSSR count). The summed E-state index contributed by atoms with van der Waals surface area (Å²) < 4.78 is 46.8. The van der Waals surface area contributed by atoms with Crippen molar-refractivity contribution in [1.82, 2.24) is 9.78 Å². The van der Waals surface area contributed by atoms with E-state index in [0.29, 0.717) is 27.6 Å². The van der Waals surface area contributed by atoms with E-state index in [4.69, 9.17) is 25.8 Å². The molecule has 3 aromatic rings. The van der Waals surface area contributed by atoms with Gasteiger partial charge in [0.15, 0.2) is 5.82 Å². The highest BCUT2D eigenvalue weighted by atomic mass is 35.5. The number of carbonyl (C=O) groups is 1. The van der Waals surface area contributed by atoms with Crippen molar-refractivity contribution in [3.05, 3.63) is 34.7 Å². The highest BCUT2D eigenvalue weighted by Gasteiger charge is 2.33. The number of fused-ring (bicyclic) bond motifs is 1. The van der Waals surface area contributed by atoms with Crippen molar-refractivity contribution in [1.29, 1.82) is 0 Å². The van der Waals surface area contributed by atoms with Gasteiger partial charge in [-0.05, 0) is 36.2 Å². The average molecular weight is 574 g/mol. The molecule has 0 atom stereocenters. The van der Waals surface area contributed by atoms with Crippen LogP contribution in [0, 0.1) is 5.92 Å². The molecule has 0 bridgehead atoms. The minimum Gasteiger partial charge on any atom is -0.496 e. The molecule has 0 aliphatic carbocycles. The molecule has 36 heavy (non-hydrogen) atoms. The zero-order valence-electron chi connectivity index (χ0n) is 21.3. The van der Waals surface area contributed by atoms with Crippen LogP contribution in [0.25, 0.3) is 10.9 Å². The van der Waals surface area contributed by atoms with Crippen LogP contribution in [0.15, 0.2) is 34.5 Å². The van der Waals surface area contributed by atoms with Gasteiger partial charge < -0.3 is 14.2 Å². The van der Waals surface area contributed by atoms with Crippen molar-refractivity contribution in [3.63, 3.8) is 0 Å². The number of benzene rings is 1. The Hall–Kier alpha value is -2.12. The van der Waals surface area contributed by atoms with E-state index in [-0.39, 0.29) is 29.3 Å². The Labute approximate surface area is 222 Å². The standard InChI is InChI=1S/C23H32ClN3O6S2Si/c1-16(2)14-33-23(28)27-17-8-7-9-18(31-3)21(17)22(25-27)26(15-32-12-13-36(4,5)6)35(29,30)20-11-10-19(24)34-20/h7-11,16H,12-15H2,1-6H3. The number of halogens is 1. The van der Waals surface area contributed by atoms with E-state index in [2.05, 4.69) is 24.7 Å². The van der Waals surface area contributed by atoms with Crippen LogP contribution in [-0.4, -0.2) is 59.4 Å². The predicted octanol–water partition coefficient (Wildman–Crippen LogP) is 5.91. The van der Waals surface area contributed by atoms with Gasteiger partial charge in [-0.1, -0.05) is 51.2 Å². The lowest BCUT2D eigenvalue weighted by molar-refractivity contribution is 0.132. The van der Waals surface area contributed by atoms with Crippen LogP contribution in [-0.2, 0) is 19.5 Å². The van der Waals surface area contributed by atoms with Gasteiger partial charge in [0.2, 0.25) is 0 Å². The number of ether oxygens (including phenoxy) is 3. The number of anilines is 1. The molecule has 9 nitrogen and oxygen atoms in total. The van der Waals surface area contributed by atoms with Crippen molar-refractivity contribution in [3.8, 4) is 5.75 Å². The summed E-state index contributed by atoms with van der Waals surface area (Å²) >= 11 is 6.98. The van der Waals surface area contributed by atoms with Crippen molar-refractivity contribution in [2.75, 3.05) is 31.4 Å². The summed E-state index contributed by atoms with van der Waals surface area (Å²) in [7, 11) is -4.08. The van der Waals surface area contributed by atoms with Crippen LogP contribution < -0.4 is 9.04 Å². The SMILES string of the molecule is COc1cccc2c1c(N(COCC[Si](C)(C)C)S(=O)(=O)c1ccc(Cl)s1)nn2C(=O)OCC(C)C. The number of rotatable bonds is 11. The summed E-state index contributed by atoms with van der Waals surface area (Å²) in [5.74, 6) is 0.475. The van der Waals surface area contributed by atoms with Gasteiger partial charge >= 0.3 is 6.09 Å². The summed E-state index contributed by atoms with van der Waals surface area (Å²) in [5, 5.41) is 4.76. The van der Waals surface area contributed by atoms with Gasteiger partial charge in [-0.3, -0.25) is 0 Å². The topological polar surface area (TPSA) is 100.0 Å². The van der Waals surface area contributed by atoms with Crippen LogP contribution in [0.4, 0.5) is 10.6 Å². The smallest absolute Gasteiger partial charge is 0.435 e. The summed E-state index contributed by atoms with van der Waals surface area (Å²) in [4.78, 5) is 12.9. The van der Waals surface area contributed by atoms with Gasteiger partial charge in [0, 0.05) is 14.7 Å². The first-order valence-electron chi connectivity index (χ1n) is 11.4. The number of carbonyl (C=O) groups excluding carboxylic acids is 1. The summed E-state index contributed by atoms with van der Waals surface area (Å²) in [6.45, 7) is 10.7. The summed E-state index contributed by atoms with van der Waals surface area (Å²) in [5.41, 5.74) is 0.351. The number of hydrogen-bond donors (Lipinski definition) is 0. The zero-order chi connectivity index (χ0) is 26.7. The van der Waals surface area contributed by atoms with Crippen LogP contribution in [0.5, 0.6) is 5.75 Å². The quantitative estimate of drug-likeness (QED) is 0.160. The van der Waals surface area contributed by atoms with Crippen LogP contribution in [0.3, 0.4) is 0 Å². The highest BCUT2D eigenvalue weighted by Crippen LogP contribution is 2.38. The Morgan fingerprint density at radius 2 is 1.94 bits per heavy atom. The molecule has 13 heteroatoms. The maximum absolute atomic E-state index is 13.8. The molecular formula is C23H32ClN3O6S2Si. The Bertz CT molecular complexity index is 1320. The first-order valence-corrected chi connectivity index (χ1v) is 17.8. The second-order valence-electron chi connectivity index (χ2n) is 9.82. The predicted molar refractivity (Wildman–Crippen MR) is 146 cm³/mol. The van der Waals surface area contributed by atoms with Gasteiger partial charge in [-0.25, -0.2) is 17.5 Å². The third-order valence-corrected chi connectivity index (χ3v) is 10.2. The van der Waals surface area contributed by atoms with Crippen molar-refractivity contribution >= 4 is 63.8 Å². The molecule has 2 aromatic heterocycles. The van der Waals surface area contributed by atoms with Crippen LogP contribution in [0.2, 0.25) is 30.0 Å². The number of aromatic nitrogens is 2. The minimum atomic E-state index is -4.13. The highest BCUT2D eigenvalue weighted by molar-refractivity contribution is 7.94. The molecule has 0 amide bonds. The molecule has 0 saturated carbocycles. The summed E-state index contributed by atoms with van der Waals surface area (Å²) in [6.07, 6.45) is -0.718. The van der Waals surface area contributed by atoms with Crippen molar-refractivity contribution in [2.24, 2.45) is 5.92 Å². The second kappa shape index (κ2) is 11.5. The normalized spacial score (nSPS) is 12.3. The Balaban J connectivity index is 2.14. The summed E-state index contributed by atoms with van der Waals surface area (Å²) in [6, 6.07) is 8.83. The van der Waals surface area contributed by atoms with Crippen LogP contribution >= 0.6 is 22.9 Å². The molecule has 0 spiro atoms. The number of thiophene rings is 1. The third-order valence-electron chi connectivity index (χ3n) is 5.12. The maximum atomic E-state index is 13.8. The van der Waals surface area contributed by atoms with Gasteiger partial charge in [-0.2, -0.15) is 4.68 Å². The minimum absolute atomic E-state index is 0.00136. The lowest BCUT2D eigenvalue weighted by atomic mass is 10.2. The molecule has 0 aliphatic rings. The van der Waals surface area contributed by atoms with Gasteiger partial charge in [0.05, 0.1) is 29.0 Å². The second-order valence-corrected chi connectivity index (χ2v) is 19.2. The van der Waals surface area contributed by atoms with E-state index in [1.165, 1.54) is 19.2 Å². The van der Waals surface area contributed by atoms with Gasteiger partial charge in [-0.15, -0.1) is 16.4 Å². The molecule has 0 saturated heterocycles. The van der Waals surface area contributed by atoms with E-state index < -0.39 is 24.2 Å². The molecule has 198 valence electrons. The van der Waals surface area contributed by atoms with E-state index in [1.807, 2.05) is 13.8 Å². The van der Waals surface area contributed by atoms with Crippen molar-refractivity contribution in [2.45, 2.75) is 43.7 Å². The fourth-order valence-electron chi connectivity index (χ4n) is 3.22. The third kappa shape index (κ3) is 6.60. The van der Waals surface area contributed by atoms with Gasteiger partial charge in [0.1, 0.15) is 16.7 Å². The first kappa shape index (κ1) is 28.4. The molecule has 1 aromatic carbocycles. The van der Waals surface area contributed by atoms with E-state index in [9.17, 15) is 13.2 Å². The lowest BCUT2D eigenvalue weighted by Crippen LogP contribution is -2.34. The Morgan fingerprint density at radius 1 is 1.22 bits per heavy atom. The zero-order valence-corrected chi connectivity index (χ0v) is 24.7. The number of nitrogens with zero attached hydrogens (tertiary/aromatic N) is 3. The molecule has 0 N–H and O–H groups in total. The van der Waals surface area contributed by atoms with Crippen molar-refractivity contribution < 1.29 is 27.4 Å². The number of hydrogen-bond acceptors (Lipinski definition) is 8. The van der Waals surface area contributed by atoms with E-state index in [1.54, 1.807) is 18.2 Å². The molecule has 0 aliphatic heterocycles. The molecule has 2 heterocycles. The van der Waals surface area contributed by atoms with Gasteiger partial charge in [0.25, 0.3) is 10.0 Å². The average Bonchev–Trinajstić information content (AvgIpc) is 3.41. The fourth-order valence-corrected chi connectivity index (χ4v) is 6.87. The first-order chi connectivity index (χ1) is 16.8. The monoisotopic (exact) mass is 573 g/mol. The van der Waals surface area contributed by atoms with Crippen LogP contribution in [0.1, 0.15) is 13.8 Å². The molecule has 0 radical (unpaired) electrons. The number of sulfonamides is 1. The van der Waals surface area contributed by atoms with E-state index in [0.717, 1.165) is 26.4 Å². The molecular weight excluding hydrogens is 542 g/mol. The number of methoxy groups -OCH3 is 1. The maximum Gasteiger partial charge on any atom is 0.435 e.